The Kier molecular flexibility index (Phi) is 7.01. The van der Waals surface area contributed by atoms with E-state index in [0.29, 0.717) is 29.3 Å². The molecule has 1 N–H and O–H groups in total. The van der Waals surface area contributed by atoms with Crippen molar-refractivity contribution in [2.75, 3.05) is 14.2 Å². The summed E-state index contributed by atoms with van der Waals surface area (Å²) in [6, 6.07) is 19.2. The van der Waals surface area contributed by atoms with Gasteiger partial charge in [-0.05, 0) is 29.8 Å². The molecule has 1 aromatic heterocycles. The molecule has 0 unspecified atom stereocenters. The Labute approximate surface area is 201 Å². The van der Waals surface area contributed by atoms with Gasteiger partial charge >= 0.3 is 0 Å². The maximum Gasteiger partial charge on any atom is 0.270 e. The number of benzene rings is 3. The molecule has 0 radical (unpaired) electrons. The van der Waals surface area contributed by atoms with Crippen molar-refractivity contribution in [1.82, 2.24) is 15.0 Å². The van der Waals surface area contributed by atoms with Gasteiger partial charge in [0.05, 0.1) is 36.4 Å². The zero-order valence-corrected chi connectivity index (χ0v) is 19.2. The number of para-hydroxylation sites is 2. The Bertz CT molecular complexity index is 1410. The fraction of sp³-hybridized carbons (Fsp3) is 0.160. The lowest BCUT2D eigenvalue weighted by atomic mass is 10.1. The van der Waals surface area contributed by atoms with Crippen molar-refractivity contribution in [3.63, 3.8) is 0 Å². The number of ether oxygens (including phenoxy) is 2. The summed E-state index contributed by atoms with van der Waals surface area (Å²) in [5.74, 6) is 1.59. The number of carbonyl (C=O) groups is 1. The number of imidazole rings is 1. The van der Waals surface area contributed by atoms with E-state index in [-0.39, 0.29) is 18.1 Å². The van der Waals surface area contributed by atoms with Gasteiger partial charge in [-0.15, -0.1) is 0 Å². The molecular formula is C25H23N5O5. The number of nitrogens with zero attached hydrogens (tertiary/aromatic N) is 4. The van der Waals surface area contributed by atoms with Crippen LogP contribution < -0.4 is 14.9 Å². The number of non-ortho nitro benzene ring substituents is 1. The summed E-state index contributed by atoms with van der Waals surface area (Å²) in [6.07, 6.45) is 1.83. The lowest BCUT2D eigenvalue weighted by Crippen LogP contribution is -2.24. The second kappa shape index (κ2) is 10.5. The van der Waals surface area contributed by atoms with E-state index in [9.17, 15) is 14.9 Å². The van der Waals surface area contributed by atoms with Gasteiger partial charge in [-0.2, -0.15) is 5.10 Å². The van der Waals surface area contributed by atoms with E-state index in [4.69, 9.17) is 14.5 Å². The molecule has 3 aromatic carbocycles. The highest BCUT2D eigenvalue weighted by atomic mass is 16.6. The predicted molar refractivity (Wildman–Crippen MR) is 131 cm³/mol. The van der Waals surface area contributed by atoms with Crippen LogP contribution in [0.2, 0.25) is 0 Å². The average Bonchev–Trinajstić information content (AvgIpc) is 3.20. The van der Waals surface area contributed by atoms with Gasteiger partial charge in [0, 0.05) is 24.1 Å². The van der Waals surface area contributed by atoms with Crippen LogP contribution in [0.4, 0.5) is 5.69 Å². The first kappa shape index (κ1) is 23.4. The van der Waals surface area contributed by atoms with E-state index < -0.39 is 4.92 Å². The van der Waals surface area contributed by atoms with Crippen molar-refractivity contribution in [2.24, 2.45) is 5.10 Å². The Morgan fingerprint density at radius 2 is 1.89 bits per heavy atom. The van der Waals surface area contributed by atoms with Gasteiger partial charge < -0.3 is 14.0 Å². The molecule has 0 aliphatic heterocycles. The number of hydrogen-bond donors (Lipinski definition) is 1. The van der Waals surface area contributed by atoms with Gasteiger partial charge in [-0.1, -0.05) is 30.3 Å². The number of aromatic nitrogens is 2. The molecule has 0 saturated heterocycles. The number of hydrogen-bond acceptors (Lipinski definition) is 7. The quantitative estimate of drug-likeness (QED) is 0.225. The minimum absolute atomic E-state index is 0.00455. The Morgan fingerprint density at radius 1 is 1.09 bits per heavy atom. The molecule has 178 valence electrons. The van der Waals surface area contributed by atoms with Gasteiger partial charge in [0.15, 0.2) is 11.5 Å². The van der Waals surface area contributed by atoms with Crippen LogP contribution >= 0.6 is 0 Å². The van der Waals surface area contributed by atoms with Crippen molar-refractivity contribution in [1.29, 1.82) is 0 Å². The third-order valence-electron chi connectivity index (χ3n) is 5.33. The average molecular weight is 473 g/mol. The minimum atomic E-state index is -0.486. The summed E-state index contributed by atoms with van der Waals surface area (Å²) in [4.78, 5) is 27.8. The van der Waals surface area contributed by atoms with Crippen molar-refractivity contribution in [3.05, 3.63) is 93.8 Å². The first-order valence-corrected chi connectivity index (χ1v) is 10.7. The Hall–Kier alpha value is -4.73. The number of carbonyl (C=O) groups excluding carboxylic acids is 1. The summed E-state index contributed by atoms with van der Waals surface area (Å²) in [7, 11) is 3.16. The maximum atomic E-state index is 12.7. The highest BCUT2D eigenvalue weighted by Crippen LogP contribution is 2.29. The first-order chi connectivity index (χ1) is 17.0. The predicted octanol–water partition coefficient (Wildman–Crippen LogP) is 3.70. The van der Waals surface area contributed by atoms with Crippen LogP contribution in [-0.4, -0.2) is 40.8 Å². The van der Waals surface area contributed by atoms with Gasteiger partial charge in [-0.3, -0.25) is 14.9 Å². The van der Waals surface area contributed by atoms with Crippen LogP contribution in [-0.2, 0) is 17.8 Å². The van der Waals surface area contributed by atoms with Gasteiger partial charge in [0.1, 0.15) is 12.4 Å². The summed E-state index contributed by atoms with van der Waals surface area (Å²) in [5.41, 5.74) is 5.48. The maximum absolute atomic E-state index is 12.7. The molecule has 0 bridgehead atoms. The molecule has 0 fully saturated rings. The number of nitro benzene ring substituents is 1. The van der Waals surface area contributed by atoms with Crippen molar-refractivity contribution in [2.45, 2.75) is 13.0 Å². The zero-order valence-electron chi connectivity index (χ0n) is 19.2. The fourth-order valence-electron chi connectivity index (χ4n) is 3.69. The number of methoxy groups -OCH3 is 2. The summed E-state index contributed by atoms with van der Waals surface area (Å²) in [6.45, 7) is -0.00455. The van der Waals surface area contributed by atoms with E-state index in [0.717, 1.165) is 16.6 Å². The van der Waals surface area contributed by atoms with E-state index in [2.05, 4.69) is 10.5 Å². The van der Waals surface area contributed by atoms with E-state index >= 15 is 0 Å². The number of amides is 1. The fourth-order valence-corrected chi connectivity index (χ4v) is 3.69. The normalized spacial score (nSPS) is 11.0. The molecule has 0 saturated carbocycles. The molecule has 10 nitrogen and oxygen atoms in total. The van der Waals surface area contributed by atoms with E-state index in [1.165, 1.54) is 18.3 Å². The van der Waals surface area contributed by atoms with Crippen molar-refractivity contribution in [3.8, 4) is 11.5 Å². The molecule has 1 heterocycles. The van der Waals surface area contributed by atoms with Crippen LogP contribution in [0.15, 0.2) is 71.8 Å². The lowest BCUT2D eigenvalue weighted by molar-refractivity contribution is -0.384. The second-order valence-electron chi connectivity index (χ2n) is 7.61. The number of nitro groups is 1. The molecule has 4 rings (SSSR count). The van der Waals surface area contributed by atoms with Gasteiger partial charge in [0.2, 0.25) is 0 Å². The van der Waals surface area contributed by atoms with Crippen LogP contribution in [0.1, 0.15) is 17.0 Å². The largest absolute Gasteiger partial charge is 0.493 e. The van der Waals surface area contributed by atoms with Crippen molar-refractivity contribution < 1.29 is 19.2 Å². The monoisotopic (exact) mass is 473 g/mol. The van der Waals surface area contributed by atoms with Crippen LogP contribution in [0, 0.1) is 10.1 Å². The Balaban J connectivity index is 1.54. The number of nitrogens with one attached hydrogen (secondary N) is 1. The van der Waals surface area contributed by atoms with Gasteiger partial charge in [0.25, 0.3) is 11.6 Å². The number of fused-ring (bicyclic) bond motifs is 1. The highest BCUT2D eigenvalue weighted by molar-refractivity contribution is 5.84. The molecule has 35 heavy (non-hydrogen) atoms. The van der Waals surface area contributed by atoms with Crippen molar-refractivity contribution >= 4 is 28.8 Å². The van der Waals surface area contributed by atoms with Gasteiger partial charge in [-0.25, -0.2) is 10.4 Å². The topological polar surface area (TPSA) is 121 Å². The molecule has 0 spiro atoms. The molecule has 1 amide bonds. The highest BCUT2D eigenvalue weighted by Gasteiger charge is 2.15. The third-order valence-corrected chi connectivity index (χ3v) is 5.33. The number of hydrazone groups is 1. The lowest BCUT2D eigenvalue weighted by Gasteiger charge is -2.11. The van der Waals surface area contributed by atoms with E-state index in [1.807, 2.05) is 47.0 Å². The molecule has 0 aliphatic carbocycles. The summed E-state index contributed by atoms with van der Waals surface area (Å²) >= 11 is 0. The third kappa shape index (κ3) is 5.44. The SMILES string of the molecule is COc1ccc(Cc2nc3ccccc3n2CC(=O)NN=Cc2cccc([N+](=O)[O-])c2)cc1OC. The molecule has 10 heteroatoms. The Morgan fingerprint density at radius 3 is 2.66 bits per heavy atom. The zero-order chi connectivity index (χ0) is 24.8. The molecular weight excluding hydrogens is 450 g/mol. The summed E-state index contributed by atoms with van der Waals surface area (Å²) in [5, 5.41) is 14.9. The molecule has 0 aliphatic rings. The van der Waals surface area contributed by atoms with Crippen LogP contribution in [0.5, 0.6) is 11.5 Å². The molecule has 0 atom stereocenters. The number of rotatable bonds is 9. The van der Waals surface area contributed by atoms with Crippen LogP contribution in [0.3, 0.4) is 0 Å². The molecule has 4 aromatic rings. The smallest absolute Gasteiger partial charge is 0.270 e. The minimum Gasteiger partial charge on any atom is -0.493 e. The van der Waals surface area contributed by atoms with E-state index in [1.54, 1.807) is 26.4 Å². The first-order valence-electron chi connectivity index (χ1n) is 10.7. The standard InChI is InChI=1S/C25H23N5O5/c1-34-22-11-10-17(13-23(22)35-2)14-24-27-20-8-3-4-9-21(20)29(24)16-25(31)28-26-15-18-6-5-7-19(12-18)30(32)33/h3-13,15H,14,16H2,1-2H3,(H,28,31). The van der Waals surface area contributed by atoms with Crippen LogP contribution in [0.25, 0.3) is 11.0 Å². The summed E-state index contributed by atoms with van der Waals surface area (Å²) < 4.78 is 12.5. The second-order valence-corrected chi connectivity index (χ2v) is 7.61.